The molecule has 0 aromatic rings. The molecule has 0 amide bonds. The van der Waals surface area contributed by atoms with E-state index in [9.17, 15) is 24.2 Å². The van der Waals surface area contributed by atoms with Crippen molar-refractivity contribution in [2.75, 3.05) is 33.0 Å². The van der Waals surface area contributed by atoms with Crippen molar-refractivity contribution in [2.24, 2.45) is 5.92 Å². The Morgan fingerprint density at radius 2 is 1.11 bits per heavy atom. The topological polar surface area (TPSA) is 169 Å². The number of phosphoric acid groups is 1. The molecule has 0 saturated carbocycles. The second kappa shape index (κ2) is 38.7. The molecule has 12 heteroatoms. The minimum atomic E-state index is -4.64. The van der Waals surface area contributed by atoms with Gasteiger partial charge in [0.05, 0.1) is 19.8 Å². The molecule has 0 saturated heterocycles. The Kier molecular flexibility index (Phi) is 37.3. The van der Waals surface area contributed by atoms with Gasteiger partial charge in [-0.05, 0) is 63.7 Å². The van der Waals surface area contributed by atoms with Crippen LogP contribution in [0.4, 0.5) is 0 Å². The molecule has 4 N–H and O–H groups in total. The van der Waals surface area contributed by atoms with Gasteiger partial charge in [-0.15, -0.1) is 0 Å². The van der Waals surface area contributed by atoms with Gasteiger partial charge in [-0.1, -0.05) is 140 Å². The highest BCUT2D eigenvalue weighted by Gasteiger charge is 2.27. The van der Waals surface area contributed by atoms with Crippen LogP contribution in [-0.2, 0) is 32.7 Å². The molecule has 4 atom stereocenters. The van der Waals surface area contributed by atoms with Crippen LogP contribution in [0, 0.1) is 5.92 Å². The monoisotopic (exact) mass is 801 g/mol. The molecule has 2 unspecified atom stereocenters. The third kappa shape index (κ3) is 38.5. The van der Waals surface area contributed by atoms with Crippen LogP contribution in [0.15, 0.2) is 48.6 Å². The van der Waals surface area contributed by atoms with Crippen molar-refractivity contribution in [3.63, 3.8) is 0 Å². The van der Waals surface area contributed by atoms with Crippen molar-refractivity contribution in [1.82, 2.24) is 0 Å². The van der Waals surface area contributed by atoms with Gasteiger partial charge in [0, 0.05) is 19.4 Å². The zero-order valence-corrected chi connectivity index (χ0v) is 35.1. The lowest BCUT2D eigenvalue weighted by molar-refractivity contribution is -0.161. The summed E-state index contributed by atoms with van der Waals surface area (Å²) < 4.78 is 32.6. The van der Waals surface area contributed by atoms with Crippen molar-refractivity contribution < 1.29 is 52.9 Å². The molecule has 0 bridgehead atoms. The Morgan fingerprint density at radius 1 is 0.618 bits per heavy atom. The first-order chi connectivity index (χ1) is 26.6. The summed E-state index contributed by atoms with van der Waals surface area (Å²) in [5, 5.41) is 27.1. The number of ether oxygens (including phenoxy) is 2. The van der Waals surface area contributed by atoms with Crippen LogP contribution in [0.2, 0.25) is 0 Å². The van der Waals surface area contributed by atoms with Crippen molar-refractivity contribution in [3.05, 3.63) is 48.6 Å². The van der Waals surface area contributed by atoms with Crippen molar-refractivity contribution in [1.29, 1.82) is 0 Å². The molecule has 0 radical (unpaired) electrons. The largest absolute Gasteiger partial charge is 0.472 e. The zero-order valence-electron chi connectivity index (χ0n) is 34.2. The minimum absolute atomic E-state index is 0.0980. The summed E-state index contributed by atoms with van der Waals surface area (Å²) in [5.41, 5.74) is 0. The average molecular weight is 801 g/mol. The quantitative estimate of drug-likeness (QED) is 0.0202. The van der Waals surface area contributed by atoms with Gasteiger partial charge in [-0.2, -0.15) is 0 Å². The third-order valence-corrected chi connectivity index (χ3v) is 10.0. The predicted octanol–water partition coefficient (Wildman–Crippen LogP) is 9.77. The lowest BCUT2D eigenvalue weighted by atomic mass is 9.99. The highest BCUT2D eigenvalue weighted by atomic mass is 31.2. The number of esters is 2. The van der Waals surface area contributed by atoms with Crippen molar-refractivity contribution in [2.45, 2.75) is 174 Å². The van der Waals surface area contributed by atoms with Crippen LogP contribution >= 0.6 is 7.82 Å². The molecule has 0 aromatic heterocycles. The summed E-state index contributed by atoms with van der Waals surface area (Å²) in [6, 6.07) is 0. The third-order valence-electron chi connectivity index (χ3n) is 9.08. The fraction of sp³-hybridized carbons (Fsp3) is 0.767. The van der Waals surface area contributed by atoms with Gasteiger partial charge in [-0.3, -0.25) is 18.6 Å². The Balaban J connectivity index is 4.42. The SMILES string of the molecule is CCC(C)CCCCCCCCCCCCC(=O)OC[C@H](COP(=O)(O)OC[C@@H](O)CO)OC(=O)CCC/C=C\C/C=C\C/C=C\C/C=C\CCCCCO. The maximum atomic E-state index is 12.6. The molecule has 55 heavy (non-hydrogen) atoms. The van der Waals surface area contributed by atoms with E-state index in [1.54, 1.807) is 0 Å². The number of carbonyl (C=O) groups is 2. The number of carbonyl (C=O) groups excluding carboxylic acids is 2. The van der Waals surface area contributed by atoms with E-state index in [1.807, 2.05) is 12.2 Å². The van der Waals surface area contributed by atoms with Crippen LogP contribution in [0.25, 0.3) is 0 Å². The number of aliphatic hydroxyl groups excluding tert-OH is 3. The molecule has 320 valence electrons. The molecule has 0 fully saturated rings. The van der Waals surface area contributed by atoms with Gasteiger partial charge >= 0.3 is 19.8 Å². The lowest BCUT2D eigenvalue weighted by Crippen LogP contribution is -2.29. The molecular weight excluding hydrogens is 723 g/mol. The molecule has 0 rings (SSSR count). The molecule has 0 aliphatic heterocycles. The van der Waals surface area contributed by atoms with E-state index in [4.69, 9.17) is 24.2 Å². The summed E-state index contributed by atoms with van der Waals surface area (Å²) >= 11 is 0. The van der Waals surface area contributed by atoms with Gasteiger partial charge in [0.15, 0.2) is 6.10 Å². The van der Waals surface area contributed by atoms with E-state index in [2.05, 4.69) is 54.8 Å². The summed E-state index contributed by atoms with van der Waals surface area (Å²) in [6.07, 6.45) is 36.7. The van der Waals surface area contributed by atoms with E-state index >= 15 is 0 Å². The van der Waals surface area contributed by atoms with Crippen LogP contribution in [0.5, 0.6) is 0 Å². The molecule has 11 nitrogen and oxygen atoms in total. The van der Waals surface area contributed by atoms with Crippen molar-refractivity contribution >= 4 is 19.8 Å². The van der Waals surface area contributed by atoms with Gasteiger partial charge in [-0.25, -0.2) is 4.57 Å². The van der Waals surface area contributed by atoms with E-state index in [0.717, 1.165) is 70.1 Å². The first-order valence-corrected chi connectivity index (χ1v) is 22.6. The normalized spacial score (nSPS) is 14.9. The number of rotatable bonds is 39. The fourth-order valence-electron chi connectivity index (χ4n) is 5.41. The fourth-order valence-corrected chi connectivity index (χ4v) is 6.20. The summed E-state index contributed by atoms with van der Waals surface area (Å²) in [5.74, 6) is -0.171. The molecule has 0 aromatic carbocycles. The lowest BCUT2D eigenvalue weighted by Gasteiger charge is -2.20. The second-order valence-electron chi connectivity index (χ2n) is 14.3. The van der Waals surface area contributed by atoms with E-state index in [0.29, 0.717) is 19.3 Å². The molecule has 0 aliphatic rings. The minimum Gasteiger partial charge on any atom is -0.462 e. The van der Waals surface area contributed by atoms with E-state index in [1.165, 1.54) is 51.4 Å². The molecule has 0 aliphatic carbocycles. The Bertz CT molecular complexity index is 1070. The second-order valence-corrected chi connectivity index (χ2v) is 15.8. The van der Waals surface area contributed by atoms with E-state index in [-0.39, 0.29) is 26.1 Å². The number of hydrogen-bond acceptors (Lipinski definition) is 10. The van der Waals surface area contributed by atoms with Gasteiger partial charge in [0.1, 0.15) is 12.7 Å². The average Bonchev–Trinajstić information content (AvgIpc) is 3.17. The van der Waals surface area contributed by atoms with Gasteiger partial charge < -0.3 is 29.7 Å². The summed E-state index contributed by atoms with van der Waals surface area (Å²) in [7, 11) is -4.64. The van der Waals surface area contributed by atoms with Crippen LogP contribution in [0.1, 0.15) is 162 Å². The van der Waals surface area contributed by atoms with Crippen molar-refractivity contribution in [3.8, 4) is 0 Å². The smallest absolute Gasteiger partial charge is 0.462 e. The molecular formula is C43H77O11P. The predicted molar refractivity (Wildman–Crippen MR) is 220 cm³/mol. The van der Waals surface area contributed by atoms with Crippen LogP contribution in [0.3, 0.4) is 0 Å². The maximum absolute atomic E-state index is 12.6. The first-order valence-electron chi connectivity index (χ1n) is 21.1. The molecule has 0 heterocycles. The Labute approximate surface area is 333 Å². The first kappa shape index (κ1) is 52.9. The summed E-state index contributed by atoms with van der Waals surface area (Å²) in [6.45, 7) is 2.65. The highest BCUT2D eigenvalue weighted by Crippen LogP contribution is 2.43. The number of aliphatic hydroxyl groups is 3. The zero-order chi connectivity index (χ0) is 40.7. The summed E-state index contributed by atoms with van der Waals surface area (Å²) in [4.78, 5) is 34.9. The number of phosphoric ester groups is 1. The van der Waals surface area contributed by atoms with Gasteiger partial charge in [0.2, 0.25) is 0 Å². The van der Waals surface area contributed by atoms with Crippen LogP contribution in [-0.4, -0.2) is 77.4 Å². The molecule has 0 spiro atoms. The maximum Gasteiger partial charge on any atom is 0.472 e. The van der Waals surface area contributed by atoms with Gasteiger partial charge in [0.25, 0.3) is 0 Å². The number of unbranched alkanes of at least 4 members (excludes halogenated alkanes) is 13. The van der Waals surface area contributed by atoms with Crippen LogP contribution < -0.4 is 0 Å². The van der Waals surface area contributed by atoms with E-state index < -0.39 is 51.8 Å². The standard InChI is InChI=1S/C43H77O11P/c1-3-39(2)31-27-23-19-15-12-13-16-20-24-28-32-42(47)51-37-41(38-53-55(49,50)52-36-40(46)35-45)54-43(48)33-29-25-21-17-11-9-7-5-4-6-8-10-14-18-22-26-30-34-44/h4,6-7,9-10,14,17,21,39-41,44-46H,3,5,8,11-13,15-16,18-20,22-38H2,1-2H3,(H,49,50)/b6-4-,9-7-,14-10-,21-17-/t39?,40-,41+/m0/s1. The Hall–Kier alpha value is -2.11. The number of hydrogen-bond donors (Lipinski definition) is 4. The Morgan fingerprint density at radius 3 is 1.67 bits per heavy atom. The highest BCUT2D eigenvalue weighted by molar-refractivity contribution is 7.47. The number of allylic oxidation sites excluding steroid dienone is 8.